The Labute approximate surface area is 137 Å². The molecule has 3 heteroatoms. The second kappa shape index (κ2) is 4.56. The van der Waals surface area contributed by atoms with Gasteiger partial charge in [-0.15, -0.1) is 0 Å². The van der Waals surface area contributed by atoms with Gasteiger partial charge in [0.2, 0.25) is 11.8 Å². The second-order valence-corrected chi connectivity index (χ2v) is 7.91. The average molecular weight is 309 g/mol. The number of rotatable bonds is 2. The van der Waals surface area contributed by atoms with E-state index in [9.17, 15) is 9.59 Å². The number of carbonyl (C=O) groups excluding carboxylic acids is 2. The standard InChI is InChI=1S/C20H23NO2/c1-13(2)20-11-9-19(3,10-12-20)15-16(20)18(23)21(17(15)22)14-7-5-4-6-8-14/h4-9,11,13,15-16H,10,12H2,1-3H3/t15-,16-,19-,20+/m0/s1. The van der Waals surface area contributed by atoms with Crippen molar-refractivity contribution in [2.75, 3.05) is 4.90 Å². The first kappa shape index (κ1) is 14.7. The third kappa shape index (κ3) is 1.71. The van der Waals surface area contributed by atoms with E-state index in [-0.39, 0.29) is 34.5 Å². The van der Waals surface area contributed by atoms with Crippen LogP contribution in [0.15, 0.2) is 42.5 Å². The van der Waals surface area contributed by atoms with Crippen LogP contribution in [-0.4, -0.2) is 11.8 Å². The molecular weight excluding hydrogens is 286 g/mol. The fourth-order valence-electron chi connectivity index (χ4n) is 5.06. The van der Waals surface area contributed by atoms with Crippen molar-refractivity contribution in [3.05, 3.63) is 42.5 Å². The van der Waals surface area contributed by atoms with E-state index in [1.54, 1.807) is 0 Å². The lowest BCUT2D eigenvalue weighted by atomic mass is 9.46. The lowest BCUT2D eigenvalue weighted by Gasteiger charge is -2.55. The summed E-state index contributed by atoms with van der Waals surface area (Å²) in [6, 6.07) is 9.37. The molecule has 3 aliphatic carbocycles. The van der Waals surface area contributed by atoms with Gasteiger partial charge in [0.1, 0.15) is 0 Å². The van der Waals surface area contributed by atoms with Crippen LogP contribution in [0.25, 0.3) is 0 Å². The SMILES string of the molecule is CC(C)[C@@]12C=C[C@@](C)(CC1)[C@@H]1C(=O)N(c3ccccc3)C(=O)[C@H]12. The summed E-state index contributed by atoms with van der Waals surface area (Å²) in [7, 11) is 0. The van der Waals surface area contributed by atoms with Crippen molar-refractivity contribution in [1.82, 2.24) is 0 Å². The van der Waals surface area contributed by atoms with E-state index in [0.29, 0.717) is 11.6 Å². The molecule has 5 rings (SSSR count). The lowest BCUT2D eigenvalue weighted by Crippen LogP contribution is -2.53. The molecule has 1 aliphatic heterocycles. The van der Waals surface area contributed by atoms with Crippen LogP contribution in [0.2, 0.25) is 0 Å². The summed E-state index contributed by atoms with van der Waals surface area (Å²) in [6.45, 7) is 6.50. The maximum absolute atomic E-state index is 13.3. The van der Waals surface area contributed by atoms with Gasteiger partial charge in [-0.05, 0) is 36.3 Å². The quantitative estimate of drug-likeness (QED) is 0.615. The Bertz CT molecular complexity index is 708. The van der Waals surface area contributed by atoms with Gasteiger partial charge in [0.05, 0.1) is 17.5 Å². The number of amides is 2. The topological polar surface area (TPSA) is 37.4 Å². The van der Waals surface area contributed by atoms with Gasteiger partial charge in [-0.2, -0.15) is 0 Å². The molecule has 0 spiro atoms. The highest BCUT2D eigenvalue weighted by Crippen LogP contribution is 2.64. The number of benzene rings is 1. The highest BCUT2D eigenvalue weighted by atomic mass is 16.2. The molecule has 0 N–H and O–H groups in total. The molecule has 3 nitrogen and oxygen atoms in total. The van der Waals surface area contributed by atoms with Gasteiger partial charge in [-0.3, -0.25) is 14.5 Å². The molecule has 23 heavy (non-hydrogen) atoms. The molecule has 2 amide bonds. The van der Waals surface area contributed by atoms with Crippen LogP contribution in [-0.2, 0) is 9.59 Å². The first-order valence-electron chi connectivity index (χ1n) is 8.54. The van der Waals surface area contributed by atoms with Crippen molar-refractivity contribution in [3.8, 4) is 0 Å². The molecular formula is C20H23NO2. The largest absolute Gasteiger partial charge is 0.274 e. The molecule has 0 radical (unpaired) electrons. The predicted octanol–water partition coefficient (Wildman–Crippen LogP) is 3.80. The van der Waals surface area contributed by atoms with Gasteiger partial charge in [-0.1, -0.05) is 51.1 Å². The summed E-state index contributed by atoms with van der Waals surface area (Å²) in [5.74, 6) is -0.0863. The molecule has 1 saturated heterocycles. The van der Waals surface area contributed by atoms with Crippen molar-refractivity contribution in [2.45, 2.75) is 33.6 Å². The van der Waals surface area contributed by atoms with E-state index in [1.807, 2.05) is 30.3 Å². The van der Waals surface area contributed by atoms with Gasteiger partial charge in [0.15, 0.2) is 0 Å². The highest BCUT2D eigenvalue weighted by molar-refractivity contribution is 6.23. The Morgan fingerprint density at radius 1 is 1.00 bits per heavy atom. The first-order valence-corrected chi connectivity index (χ1v) is 8.54. The monoisotopic (exact) mass is 309 g/mol. The van der Waals surface area contributed by atoms with Gasteiger partial charge >= 0.3 is 0 Å². The number of nitrogens with zero attached hydrogens (tertiary/aromatic N) is 1. The van der Waals surface area contributed by atoms with Gasteiger partial charge in [0.25, 0.3) is 0 Å². The number of anilines is 1. The Morgan fingerprint density at radius 2 is 1.65 bits per heavy atom. The Hall–Kier alpha value is -1.90. The van der Waals surface area contributed by atoms with E-state index in [1.165, 1.54) is 4.90 Å². The van der Waals surface area contributed by atoms with E-state index in [2.05, 4.69) is 32.9 Å². The summed E-state index contributed by atoms with van der Waals surface area (Å²) < 4.78 is 0. The number of imide groups is 1. The van der Waals surface area contributed by atoms with Gasteiger partial charge in [-0.25, -0.2) is 0 Å². The number of fused-ring (bicyclic) bond motifs is 1. The second-order valence-electron chi connectivity index (χ2n) is 7.91. The van der Waals surface area contributed by atoms with Crippen molar-refractivity contribution in [1.29, 1.82) is 0 Å². The fourth-order valence-corrected chi connectivity index (χ4v) is 5.06. The zero-order valence-electron chi connectivity index (χ0n) is 14.0. The van der Waals surface area contributed by atoms with Crippen molar-refractivity contribution < 1.29 is 9.59 Å². The van der Waals surface area contributed by atoms with E-state index < -0.39 is 0 Å². The summed E-state index contributed by atoms with van der Waals surface area (Å²) in [5.41, 5.74) is 0.356. The maximum atomic E-state index is 13.3. The molecule has 4 atom stereocenters. The molecule has 2 fully saturated rings. The normalized spacial score (nSPS) is 38.5. The lowest BCUT2D eigenvalue weighted by molar-refractivity contribution is -0.135. The zero-order valence-corrected chi connectivity index (χ0v) is 14.0. The van der Waals surface area contributed by atoms with Crippen LogP contribution in [0.1, 0.15) is 33.6 Å². The summed E-state index contributed by atoms with van der Waals surface area (Å²) in [4.78, 5) is 27.9. The molecule has 0 unspecified atom stereocenters. The zero-order chi connectivity index (χ0) is 16.4. The number of carbonyl (C=O) groups is 2. The Kier molecular flexibility index (Phi) is 2.91. The van der Waals surface area contributed by atoms with E-state index in [4.69, 9.17) is 0 Å². The maximum Gasteiger partial charge on any atom is 0.238 e. The van der Waals surface area contributed by atoms with Crippen molar-refractivity contribution in [3.63, 3.8) is 0 Å². The predicted molar refractivity (Wildman–Crippen MR) is 89.7 cm³/mol. The van der Waals surface area contributed by atoms with Gasteiger partial charge < -0.3 is 0 Å². The van der Waals surface area contributed by atoms with Crippen LogP contribution < -0.4 is 4.90 Å². The number of allylic oxidation sites excluding steroid dienone is 2. The minimum absolute atomic E-state index is 0.00447. The van der Waals surface area contributed by atoms with Crippen LogP contribution in [0, 0.1) is 28.6 Å². The minimum atomic E-state index is -0.212. The minimum Gasteiger partial charge on any atom is -0.274 e. The molecule has 1 aromatic carbocycles. The van der Waals surface area contributed by atoms with Crippen molar-refractivity contribution >= 4 is 17.5 Å². The Balaban J connectivity index is 1.86. The number of hydrogen-bond donors (Lipinski definition) is 0. The van der Waals surface area contributed by atoms with E-state index in [0.717, 1.165) is 12.8 Å². The smallest absolute Gasteiger partial charge is 0.238 e. The summed E-state index contributed by atoms with van der Waals surface area (Å²) in [5, 5.41) is 0. The van der Waals surface area contributed by atoms with Crippen LogP contribution in [0.5, 0.6) is 0 Å². The highest BCUT2D eigenvalue weighted by Gasteiger charge is 2.67. The van der Waals surface area contributed by atoms with E-state index >= 15 is 0 Å². The van der Waals surface area contributed by atoms with Crippen LogP contribution in [0.3, 0.4) is 0 Å². The molecule has 0 aromatic heterocycles. The molecule has 1 saturated carbocycles. The van der Waals surface area contributed by atoms with Crippen LogP contribution in [0.4, 0.5) is 5.69 Å². The molecule has 120 valence electrons. The molecule has 1 aromatic rings. The Morgan fingerprint density at radius 3 is 2.22 bits per heavy atom. The summed E-state index contributed by atoms with van der Waals surface area (Å²) >= 11 is 0. The molecule has 1 heterocycles. The number of para-hydroxylation sites is 1. The molecule has 4 aliphatic rings. The average Bonchev–Trinajstić information content (AvgIpc) is 2.83. The third-order valence-electron chi connectivity index (χ3n) is 6.56. The van der Waals surface area contributed by atoms with Crippen molar-refractivity contribution in [2.24, 2.45) is 28.6 Å². The fraction of sp³-hybridized carbons (Fsp3) is 0.500. The van der Waals surface area contributed by atoms with Crippen LogP contribution >= 0.6 is 0 Å². The third-order valence-corrected chi connectivity index (χ3v) is 6.56. The molecule has 2 bridgehead atoms. The number of hydrogen-bond acceptors (Lipinski definition) is 2. The first-order chi connectivity index (χ1) is 10.9. The summed E-state index contributed by atoms with van der Waals surface area (Å²) in [6.07, 6.45) is 6.46. The van der Waals surface area contributed by atoms with Gasteiger partial charge in [0, 0.05) is 5.41 Å².